The summed E-state index contributed by atoms with van der Waals surface area (Å²) in [7, 11) is 4.05. The molecule has 12 heavy (non-hydrogen) atoms. The highest BCUT2D eigenvalue weighted by molar-refractivity contribution is 5.06. The van der Waals surface area contributed by atoms with Crippen LogP contribution in [0.15, 0.2) is 10.8 Å². The van der Waals surface area contributed by atoms with E-state index in [0.29, 0.717) is 6.54 Å². The molecule has 0 atom stereocenters. The average Bonchev–Trinajstić information content (AvgIpc) is 2.47. The van der Waals surface area contributed by atoms with Crippen LogP contribution < -0.4 is 5.73 Å². The fourth-order valence-electron chi connectivity index (χ4n) is 0.989. The molecule has 1 heterocycles. The van der Waals surface area contributed by atoms with Crippen LogP contribution in [0.5, 0.6) is 0 Å². The Hall–Kier alpha value is -0.870. The molecule has 0 spiro atoms. The molecule has 2 N–H and O–H groups in total. The first-order chi connectivity index (χ1) is 5.74. The van der Waals surface area contributed by atoms with E-state index in [4.69, 9.17) is 10.2 Å². The van der Waals surface area contributed by atoms with E-state index in [2.05, 4.69) is 9.88 Å². The molecule has 0 radical (unpaired) electrons. The molecule has 0 aliphatic rings. The number of oxazole rings is 1. The summed E-state index contributed by atoms with van der Waals surface area (Å²) in [6, 6.07) is 0. The normalized spacial score (nSPS) is 11.0. The molecule has 1 aromatic rings. The van der Waals surface area contributed by atoms with Gasteiger partial charge in [-0.25, -0.2) is 4.98 Å². The van der Waals surface area contributed by atoms with Crippen molar-refractivity contribution in [3.05, 3.63) is 17.8 Å². The highest BCUT2D eigenvalue weighted by Gasteiger charge is 2.05. The molecule has 1 rings (SSSR count). The molecule has 0 unspecified atom stereocenters. The van der Waals surface area contributed by atoms with Gasteiger partial charge in [0.05, 0.1) is 5.69 Å². The van der Waals surface area contributed by atoms with Gasteiger partial charge < -0.3 is 15.1 Å². The number of nitrogens with zero attached hydrogens (tertiary/aromatic N) is 2. The van der Waals surface area contributed by atoms with Crippen LogP contribution in [0.1, 0.15) is 11.5 Å². The van der Waals surface area contributed by atoms with Crippen molar-refractivity contribution < 1.29 is 4.42 Å². The van der Waals surface area contributed by atoms with E-state index < -0.39 is 0 Å². The summed E-state index contributed by atoms with van der Waals surface area (Å²) >= 11 is 0. The summed E-state index contributed by atoms with van der Waals surface area (Å²) in [5.41, 5.74) is 6.34. The summed E-state index contributed by atoms with van der Waals surface area (Å²) < 4.78 is 5.19. The van der Waals surface area contributed by atoms with Crippen molar-refractivity contribution in [2.75, 3.05) is 20.6 Å². The molecule has 4 heteroatoms. The third-order valence-electron chi connectivity index (χ3n) is 1.70. The lowest BCUT2D eigenvalue weighted by atomic mass is 10.2. The summed E-state index contributed by atoms with van der Waals surface area (Å²) in [4.78, 5) is 6.10. The summed E-state index contributed by atoms with van der Waals surface area (Å²) in [6.07, 6.45) is 2.33. The van der Waals surface area contributed by atoms with Crippen molar-refractivity contribution in [1.29, 1.82) is 0 Å². The lowest BCUT2D eigenvalue weighted by Crippen LogP contribution is -2.15. The minimum Gasteiger partial charge on any atom is -0.448 e. The van der Waals surface area contributed by atoms with Crippen molar-refractivity contribution >= 4 is 0 Å². The molecule has 0 fully saturated rings. The van der Waals surface area contributed by atoms with E-state index in [-0.39, 0.29) is 0 Å². The number of rotatable bonds is 4. The van der Waals surface area contributed by atoms with Gasteiger partial charge in [-0.3, -0.25) is 0 Å². The Morgan fingerprint density at radius 3 is 2.92 bits per heavy atom. The fourth-order valence-corrected chi connectivity index (χ4v) is 0.989. The Balaban J connectivity index is 2.50. The van der Waals surface area contributed by atoms with Gasteiger partial charge in [0, 0.05) is 19.5 Å². The number of hydrogen-bond donors (Lipinski definition) is 1. The van der Waals surface area contributed by atoms with Gasteiger partial charge in [-0.15, -0.1) is 0 Å². The first-order valence-corrected chi connectivity index (χ1v) is 4.00. The van der Waals surface area contributed by atoms with E-state index >= 15 is 0 Å². The van der Waals surface area contributed by atoms with Crippen LogP contribution in [-0.4, -0.2) is 30.5 Å². The Kier molecular flexibility index (Phi) is 3.25. The second kappa shape index (κ2) is 4.23. The van der Waals surface area contributed by atoms with E-state index in [0.717, 1.165) is 24.4 Å². The van der Waals surface area contributed by atoms with Crippen molar-refractivity contribution in [3.63, 3.8) is 0 Å². The zero-order chi connectivity index (χ0) is 8.97. The monoisotopic (exact) mass is 169 g/mol. The predicted octanol–water partition coefficient (Wildman–Crippen LogP) is 0.237. The maximum atomic E-state index is 5.47. The van der Waals surface area contributed by atoms with Gasteiger partial charge in [-0.1, -0.05) is 0 Å². The van der Waals surface area contributed by atoms with E-state index in [9.17, 15) is 0 Å². The van der Waals surface area contributed by atoms with Crippen LogP contribution >= 0.6 is 0 Å². The van der Waals surface area contributed by atoms with Gasteiger partial charge in [0.25, 0.3) is 0 Å². The van der Waals surface area contributed by atoms with Gasteiger partial charge in [0.2, 0.25) is 0 Å². The van der Waals surface area contributed by atoms with Crippen LogP contribution in [0.3, 0.4) is 0 Å². The molecule has 0 saturated carbocycles. The molecular weight excluding hydrogens is 154 g/mol. The molecule has 1 aromatic heterocycles. The molecule has 0 aromatic carbocycles. The first-order valence-electron chi connectivity index (χ1n) is 4.00. The Morgan fingerprint density at radius 1 is 1.58 bits per heavy atom. The van der Waals surface area contributed by atoms with Crippen molar-refractivity contribution in [1.82, 2.24) is 9.88 Å². The molecule has 0 bridgehead atoms. The second-order valence-electron chi connectivity index (χ2n) is 2.98. The Labute approximate surface area is 72.4 Å². The van der Waals surface area contributed by atoms with Gasteiger partial charge in [0.15, 0.2) is 6.39 Å². The van der Waals surface area contributed by atoms with E-state index in [1.807, 2.05) is 14.1 Å². The highest BCUT2D eigenvalue weighted by Crippen LogP contribution is 2.06. The number of nitrogens with two attached hydrogens (primary N) is 1. The molecular formula is C8H15N3O. The molecule has 4 nitrogen and oxygen atoms in total. The van der Waals surface area contributed by atoms with Gasteiger partial charge in [-0.05, 0) is 14.1 Å². The number of likely N-dealkylation sites (N-methyl/N-ethyl adjacent to an activating group) is 1. The lowest BCUT2D eigenvalue weighted by Gasteiger charge is -2.07. The van der Waals surface area contributed by atoms with Crippen LogP contribution in [0.4, 0.5) is 0 Å². The van der Waals surface area contributed by atoms with Gasteiger partial charge in [0.1, 0.15) is 5.76 Å². The summed E-state index contributed by atoms with van der Waals surface area (Å²) in [6.45, 7) is 1.42. The van der Waals surface area contributed by atoms with Crippen LogP contribution in [0.25, 0.3) is 0 Å². The van der Waals surface area contributed by atoms with Gasteiger partial charge in [-0.2, -0.15) is 0 Å². The maximum absolute atomic E-state index is 5.47. The molecule has 0 aliphatic carbocycles. The standard InChI is InChI=1S/C8H15N3O/c1-11(2)4-3-8-7(5-9)10-6-12-8/h6H,3-5,9H2,1-2H3. The second-order valence-corrected chi connectivity index (χ2v) is 2.98. The molecule has 0 aliphatic heterocycles. The number of aromatic nitrogens is 1. The van der Waals surface area contributed by atoms with Crippen molar-refractivity contribution in [2.24, 2.45) is 5.73 Å². The Bertz CT molecular complexity index is 232. The van der Waals surface area contributed by atoms with Gasteiger partial charge >= 0.3 is 0 Å². The number of hydrogen-bond acceptors (Lipinski definition) is 4. The van der Waals surface area contributed by atoms with E-state index in [1.165, 1.54) is 6.39 Å². The zero-order valence-electron chi connectivity index (χ0n) is 7.58. The largest absolute Gasteiger partial charge is 0.448 e. The van der Waals surface area contributed by atoms with Crippen molar-refractivity contribution in [2.45, 2.75) is 13.0 Å². The molecule has 68 valence electrons. The topological polar surface area (TPSA) is 55.3 Å². The molecule has 0 saturated heterocycles. The third-order valence-corrected chi connectivity index (χ3v) is 1.70. The van der Waals surface area contributed by atoms with Crippen molar-refractivity contribution in [3.8, 4) is 0 Å². The summed E-state index contributed by atoms with van der Waals surface area (Å²) in [5, 5.41) is 0. The maximum Gasteiger partial charge on any atom is 0.181 e. The van der Waals surface area contributed by atoms with E-state index in [1.54, 1.807) is 0 Å². The Morgan fingerprint density at radius 2 is 2.33 bits per heavy atom. The fraction of sp³-hybridized carbons (Fsp3) is 0.625. The first kappa shape index (κ1) is 9.22. The highest BCUT2D eigenvalue weighted by atomic mass is 16.3. The lowest BCUT2D eigenvalue weighted by molar-refractivity contribution is 0.388. The summed E-state index contributed by atoms with van der Waals surface area (Å²) in [5.74, 6) is 0.909. The average molecular weight is 169 g/mol. The quantitative estimate of drug-likeness (QED) is 0.701. The zero-order valence-corrected chi connectivity index (χ0v) is 7.58. The van der Waals surface area contributed by atoms with Crippen LogP contribution in [0, 0.1) is 0 Å². The van der Waals surface area contributed by atoms with Crippen LogP contribution in [-0.2, 0) is 13.0 Å². The molecule has 0 amide bonds. The predicted molar refractivity (Wildman–Crippen MR) is 46.7 cm³/mol. The SMILES string of the molecule is CN(C)CCc1ocnc1CN. The smallest absolute Gasteiger partial charge is 0.181 e. The minimum atomic E-state index is 0.458. The third kappa shape index (κ3) is 2.32. The van der Waals surface area contributed by atoms with Crippen LogP contribution in [0.2, 0.25) is 0 Å². The minimum absolute atomic E-state index is 0.458.